The minimum atomic E-state index is -3.76. The van der Waals surface area contributed by atoms with E-state index in [2.05, 4.69) is 66.9 Å². The number of carbonyl (C=O) groups excluding carboxylic acids is 2. The fourth-order valence-electron chi connectivity index (χ4n) is 6.17. The van der Waals surface area contributed by atoms with Crippen molar-refractivity contribution in [2.24, 2.45) is 27.3 Å². The number of hydrogen-bond acceptors (Lipinski definition) is 11. The van der Waals surface area contributed by atoms with Gasteiger partial charge in [-0.2, -0.15) is 21.1 Å². The Kier molecular flexibility index (Phi) is 29.2. The van der Waals surface area contributed by atoms with E-state index in [0.717, 1.165) is 39.1 Å². The summed E-state index contributed by atoms with van der Waals surface area (Å²) in [5, 5.41) is 17.2. The van der Waals surface area contributed by atoms with Crippen molar-refractivity contribution in [3.05, 3.63) is 0 Å². The summed E-state index contributed by atoms with van der Waals surface area (Å²) in [5.41, 5.74) is -0.933. The molecular weight excluding hydrogens is 985 g/mol. The van der Waals surface area contributed by atoms with Gasteiger partial charge in [0.05, 0.1) is 0 Å². The second-order valence-electron chi connectivity index (χ2n) is 17.9. The van der Waals surface area contributed by atoms with E-state index in [9.17, 15) is 26.4 Å². The first-order valence-electron chi connectivity index (χ1n) is 19.6. The van der Waals surface area contributed by atoms with E-state index in [1.54, 1.807) is 4.90 Å². The Bertz CT molecular complexity index is 1340. The molecule has 0 aromatic heterocycles. The van der Waals surface area contributed by atoms with Crippen molar-refractivity contribution in [1.82, 2.24) is 29.2 Å². The number of amides is 2. The van der Waals surface area contributed by atoms with E-state index in [4.69, 9.17) is 14.6 Å². The Morgan fingerprint density at radius 2 is 0.965 bits per heavy atom. The molecule has 2 rings (SSSR count). The summed E-state index contributed by atoms with van der Waals surface area (Å²) in [7, 11) is -7.42. The van der Waals surface area contributed by atoms with Gasteiger partial charge in [0.1, 0.15) is 11.2 Å². The minimum absolute atomic E-state index is 0. The third kappa shape index (κ3) is 30.2. The monoisotopic (exact) mass is 1060 g/mol. The molecule has 2 fully saturated rings. The Morgan fingerprint density at radius 3 is 1.23 bits per heavy atom. The van der Waals surface area contributed by atoms with E-state index in [1.807, 2.05) is 60.3 Å². The van der Waals surface area contributed by atoms with E-state index < -0.39 is 31.6 Å². The van der Waals surface area contributed by atoms with Crippen molar-refractivity contribution in [3.8, 4) is 0 Å². The second-order valence-corrected chi connectivity index (χ2v) is 20.6. The third-order valence-electron chi connectivity index (χ3n) is 8.51. The van der Waals surface area contributed by atoms with Crippen LogP contribution in [0.3, 0.4) is 0 Å². The van der Waals surface area contributed by atoms with E-state index in [1.165, 1.54) is 10.7 Å². The predicted octanol–water partition coefficient (Wildman–Crippen LogP) is 2.96. The number of hydrogen-bond donors (Lipinski definition) is 4. The van der Waals surface area contributed by atoms with Crippen LogP contribution < -0.4 is 20.7 Å². The van der Waals surface area contributed by atoms with Gasteiger partial charge < -0.3 is 24.6 Å². The SMILES string of the molecule is CC(C)CC(CN(C(C)C)S(N)(=O)=O)N1CCN(C(=O)OC(C)(C)C)CC1.CC(C)CC(CNC(C)C)N1CCN(C(=O)OC(C)(C)C)CC1.NS(N)(=O)=O.[V].[W]. The molecule has 0 aromatic rings. The van der Waals surface area contributed by atoms with Crippen molar-refractivity contribution >= 4 is 32.6 Å². The summed E-state index contributed by atoms with van der Waals surface area (Å²) >= 11 is 0. The molecule has 57 heavy (non-hydrogen) atoms. The van der Waals surface area contributed by atoms with Gasteiger partial charge in [-0.1, -0.05) is 41.5 Å². The molecule has 0 bridgehead atoms. The molecule has 21 heteroatoms. The van der Waals surface area contributed by atoms with E-state index in [0.29, 0.717) is 56.6 Å². The van der Waals surface area contributed by atoms with Gasteiger partial charge in [-0.05, 0) is 80.1 Å². The molecule has 2 aliphatic rings. The minimum Gasteiger partial charge on any atom is -0.444 e. The second kappa shape index (κ2) is 27.4. The van der Waals surface area contributed by atoms with Crippen LogP contribution in [0.4, 0.5) is 9.59 Å². The Balaban J connectivity index is -0.000000893. The third-order valence-corrected chi connectivity index (χ3v) is 9.73. The quantitative estimate of drug-likeness (QED) is 0.210. The van der Waals surface area contributed by atoms with Crippen molar-refractivity contribution < 1.29 is 75.5 Å². The van der Waals surface area contributed by atoms with Crippen molar-refractivity contribution in [3.63, 3.8) is 0 Å². The summed E-state index contributed by atoms with van der Waals surface area (Å²) < 4.78 is 54.6. The van der Waals surface area contributed by atoms with Crippen molar-refractivity contribution in [1.29, 1.82) is 0 Å². The Hall–Kier alpha value is -0.567. The van der Waals surface area contributed by atoms with Crippen LogP contribution in [0.5, 0.6) is 0 Å². The maximum atomic E-state index is 12.2. The van der Waals surface area contributed by atoms with Gasteiger partial charge in [-0.25, -0.2) is 25.0 Å². The number of ether oxygens (including phenoxy) is 2. The van der Waals surface area contributed by atoms with Crippen LogP contribution in [0.2, 0.25) is 0 Å². The zero-order valence-electron chi connectivity index (χ0n) is 37.4. The molecule has 0 saturated carbocycles. The Morgan fingerprint density at radius 1 is 0.649 bits per heavy atom. The van der Waals surface area contributed by atoms with Crippen molar-refractivity contribution in [2.45, 2.75) is 145 Å². The van der Waals surface area contributed by atoms with Crippen LogP contribution >= 0.6 is 0 Å². The zero-order chi connectivity index (χ0) is 43.1. The number of nitrogens with one attached hydrogen (secondary N) is 1. The molecule has 0 aromatic carbocycles. The van der Waals surface area contributed by atoms with E-state index in [-0.39, 0.29) is 63.9 Å². The molecule has 0 aliphatic carbocycles. The number of nitrogens with two attached hydrogens (primary N) is 3. The molecule has 7 N–H and O–H groups in total. The molecule has 0 spiro atoms. The predicted molar refractivity (Wildman–Crippen MR) is 221 cm³/mol. The van der Waals surface area contributed by atoms with Crippen LogP contribution in [0, 0.1) is 11.8 Å². The summed E-state index contributed by atoms with van der Waals surface area (Å²) in [6, 6.07) is 0.912. The number of nitrogens with zero attached hydrogens (tertiary/aromatic N) is 5. The van der Waals surface area contributed by atoms with Gasteiger partial charge in [0, 0.05) is 129 Å². The average molecular weight is 1070 g/mol. The summed E-state index contributed by atoms with van der Waals surface area (Å²) in [5.74, 6) is 1.10. The molecule has 2 saturated heterocycles. The van der Waals surface area contributed by atoms with Crippen molar-refractivity contribution in [2.75, 3.05) is 65.4 Å². The summed E-state index contributed by atoms with van der Waals surface area (Å²) in [6.07, 6.45) is 1.57. The molecule has 2 unspecified atom stereocenters. The number of carbonyl (C=O) groups is 2. The summed E-state index contributed by atoms with van der Waals surface area (Å²) in [4.78, 5) is 32.7. The summed E-state index contributed by atoms with van der Waals surface area (Å²) in [6.45, 7) is 35.4. The Labute approximate surface area is 373 Å². The zero-order valence-corrected chi connectivity index (χ0v) is 43.3. The molecule has 2 aliphatic heterocycles. The molecular formula is C36H79N9O8S2VW. The smallest absolute Gasteiger partial charge is 0.410 e. The topological polar surface area (TPSA) is 227 Å². The standard InChI is InChI=1S/C18H38N4O4S.C18H37N3O2.H4N2O2S.V.W/c1-14(2)12-16(13-22(15(3)4)27(19,24)25)20-8-10-21(11-9-20)17(23)26-18(5,6)7;1-14(2)12-16(13-19-15(3)4)20-8-10-21(11-9-20)17(22)23-18(5,6)7;1-5(2,3)4;;/h14-16H,8-13H2,1-7H3,(H2,19,24,25);14-16,19H,8-13H2,1-7H3;(H4,1,2,3,4);;. The number of piperazine rings is 2. The number of rotatable bonds is 13. The molecule has 2 atom stereocenters. The van der Waals surface area contributed by atoms with Gasteiger partial charge in [0.25, 0.3) is 20.4 Å². The van der Waals surface area contributed by atoms with Gasteiger partial charge in [-0.3, -0.25) is 9.80 Å². The van der Waals surface area contributed by atoms with Gasteiger partial charge in [0.15, 0.2) is 0 Å². The maximum Gasteiger partial charge on any atom is 0.410 e. The largest absolute Gasteiger partial charge is 0.444 e. The maximum absolute atomic E-state index is 12.2. The normalized spacial score (nSPS) is 17.2. The molecule has 2 amide bonds. The first kappa shape index (κ1) is 60.7. The first-order valence-corrected chi connectivity index (χ1v) is 22.7. The fraction of sp³-hybridized carbons (Fsp3) is 0.944. The van der Waals surface area contributed by atoms with Crippen LogP contribution in [0.1, 0.15) is 110 Å². The molecule has 17 nitrogen and oxygen atoms in total. The molecule has 1 radical (unpaired) electrons. The molecule has 339 valence electrons. The van der Waals surface area contributed by atoms with Gasteiger partial charge in [-0.15, -0.1) is 0 Å². The van der Waals surface area contributed by atoms with Crippen LogP contribution in [-0.4, -0.2) is 154 Å². The van der Waals surface area contributed by atoms with Gasteiger partial charge in [0.2, 0.25) is 0 Å². The van der Waals surface area contributed by atoms with Crippen LogP contribution in [0.15, 0.2) is 0 Å². The van der Waals surface area contributed by atoms with Crippen LogP contribution in [-0.2, 0) is 69.5 Å². The van der Waals surface area contributed by atoms with Gasteiger partial charge >= 0.3 is 12.2 Å². The van der Waals surface area contributed by atoms with E-state index >= 15 is 0 Å². The molecule has 2 heterocycles. The first-order chi connectivity index (χ1) is 24.8. The fourth-order valence-corrected chi connectivity index (χ4v) is 7.14. The van der Waals surface area contributed by atoms with Crippen LogP contribution in [0.25, 0.3) is 0 Å². The average Bonchev–Trinajstić information content (AvgIpc) is 2.98.